The highest BCUT2D eigenvalue weighted by Crippen LogP contribution is 2.30. The van der Waals surface area contributed by atoms with Crippen LogP contribution in [-0.2, 0) is 4.79 Å². The van der Waals surface area contributed by atoms with Crippen molar-refractivity contribution in [2.75, 3.05) is 11.1 Å². The number of anilines is 1. The van der Waals surface area contributed by atoms with Crippen molar-refractivity contribution in [1.29, 1.82) is 0 Å². The molecule has 27 heavy (non-hydrogen) atoms. The second kappa shape index (κ2) is 8.37. The highest BCUT2D eigenvalue weighted by Gasteiger charge is 2.20. The van der Waals surface area contributed by atoms with E-state index in [0.29, 0.717) is 20.9 Å². The standard InChI is InChI=1S/C18H18Cl2N4O2S/c1-10(2)24-17(13-6-7-26-11(13)3)22-23-18(24)27-9-16(25)21-15-8-12(19)4-5-14(15)20/h4-8,10H,9H2,1-3H3,(H,21,25). The summed E-state index contributed by atoms with van der Waals surface area (Å²) in [6.07, 6.45) is 1.62. The van der Waals surface area contributed by atoms with Crippen molar-refractivity contribution in [2.45, 2.75) is 32.0 Å². The van der Waals surface area contributed by atoms with E-state index in [9.17, 15) is 4.79 Å². The second-order valence-electron chi connectivity index (χ2n) is 6.12. The maximum Gasteiger partial charge on any atom is 0.234 e. The van der Waals surface area contributed by atoms with Crippen molar-refractivity contribution in [3.63, 3.8) is 0 Å². The van der Waals surface area contributed by atoms with E-state index in [4.69, 9.17) is 27.6 Å². The highest BCUT2D eigenvalue weighted by atomic mass is 35.5. The third kappa shape index (κ3) is 4.48. The van der Waals surface area contributed by atoms with Crippen LogP contribution in [0.25, 0.3) is 11.4 Å². The molecule has 1 N–H and O–H groups in total. The predicted octanol–water partition coefficient (Wildman–Crippen LogP) is 5.47. The van der Waals surface area contributed by atoms with Crippen LogP contribution in [0, 0.1) is 6.92 Å². The summed E-state index contributed by atoms with van der Waals surface area (Å²) in [5.74, 6) is 1.45. The molecule has 0 radical (unpaired) electrons. The molecule has 6 nitrogen and oxygen atoms in total. The van der Waals surface area contributed by atoms with E-state index in [0.717, 1.165) is 17.1 Å². The van der Waals surface area contributed by atoms with Crippen LogP contribution in [0.5, 0.6) is 0 Å². The van der Waals surface area contributed by atoms with Crippen LogP contribution in [0.15, 0.2) is 40.1 Å². The first-order valence-corrected chi connectivity index (χ1v) is 9.98. The van der Waals surface area contributed by atoms with E-state index in [1.165, 1.54) is 11.8 Å². The third-order valence-electron chi connectivity index (χ3n) is 3.82. The minimum absolute atomic E-state index is 0.122. The van der Waals surface area contributed by atoms with Gasteiger partial charge in [-0.1, -0.05) is 35.0 Å². The van der Waals surface area contributed by atoms with Crippen molar-refractivity contribution >= 4 is 46.6 Å². The number of carbonyl (C=O) groups is 1. The van der Waals surface area contributed by atoms with Gasteiger partial charge in [0.2, 0.25) is 5.91 Å². The van der Waals surface area contributed by atoms with Gasteiger partial charge in [0, 0.05) is 11.1 Å². The van der Waals surface area contributed by atoms with Crippen LogP contribution in [0.2, 0.25) is 10.0 Å². The molecule has 0 bridgehead atoms. The molecule has 0 aliphatic carbocycles. The Morgan fingerprint density at radius 3 is 2.74 bits per heavy atom. The molecule has 0 spiro atoms. The number of rotatable bonds is 6. The molecule has 0 atom stereocenters. The quantitative estimate of drug-likeness (QED) is 0.531. The van der Waals surface area contributed by atoms with Crippen LogP contribution < -0.4 is 5.32 Å². The van der Waals surface area contributed by atoms with Crippen LogP contribution >= 0.6 is 35.0 Å². The van der Waals surface area contributed by atoms with Gasteiger partial charge in [-0.2, -0.15) is 0 Å². The van der Waals surface area contributed by atoms with Crippen molar-refractivity contribution in [3.8, 4) is 11.4 Å². The fraction of sp³-hybridized carbons (Fsp3) is 0.278. The van der Waals surface area contributed by atoms with Crippen molar-refractivity contribution in [1.82, 2.24) is 14.8 Å². The zero-order valence-corrected chi connectivity index (χ0v) is 17.3. The third-order valence-corrected chi connectivity index (χ3v) is 5.32. The highest BCUT2D eigenvalue weighted by molar-refractivity contribution is 7.99. The minimum Gasteiger partial charge on any atom is -0.469 e. The minimum atomic E-state index is -0.205. The molecule has 0 unspecified atom stereocenters. The van der Waals surface area contributed by atoms with E-state index in [1.54, 1.807) is 24.5 Å². The first kappa shape index (κ1) is 19.8. The molecular weight excluding hydrogens is 407 g/mol. The number of hydrogen-bond donors (Lipinski definition) is 1. The number of aromatic nitrogens is 3. The van der Waals surface area contributed by atoms with Gasteiger partial charge in [-0.15, -0.1) is 10.2 Å². The lowest BCUT2D eigenvalue weighted by molar-refractivity contribution is -0.113. The van der Waals surface area contributed by atoms with Gasteiger partial charge in [0.1, 0.15) is 5.76 Å². The number of hydrogen-bond acceptors (Lipinski definition) is 5. The Kier molecular flexibility index (Phi) is 6.14. The average Bonchev–Trinajstić information content (AvgIpc) is 3.22. The van der Waals surface area contributed by atoms with E-state index in [1.807, 2.05) is 31.4 Å². The Labute approximate surface area is 171 Å². The van der Waals surface area contributed by atoms with Crippen LogP contribution in [0.1, 0.15) is 25.6 Å². The van der Waals surface area contributed by atoms with Gasteiger partial charge in [0.15, 0.2) is 11.0 Å². The molecule has 0 saturated carbocycles. The summed E-state index contributed by atoms with van der Waals surface area (Å²) in [4.78, 5) is 12.3. The number of amides is 1. The monoisotopic (exact) mass is 424 g/mol. The SMILES string of the molecule is Cc1occc1-c1nnc(SCC(=O)Nc2cc(Cl)ccc2Cl)n1C(C)C. The number of furan rings is 1. The molecule has 3 rings (SSSR count). The Balaban J connectivity index is 1.74. The fourth-order valence-electron chi connectivity index (χ4n) is 2.55. The predicted molar refractivity (Wildman–Crippen MR) is 109 cm³/mol. The zero-order chi connectivity index (χ0) is 19.6. The van der Waals surface area contributed by atoms with Gasteiger partial charge in [-0.25, -0.2) is 0 Å². The largest absolute Gasteiger partial charge is 0.469 e. The molecule has 0 aliphatic rings. The van der Waals surface area contributed by atoms with Gasteiger partial charge in [0.25, 0.3) is 0 Å². The average molecular weight is 425 g/mol. The number of aryl methyl sites for hydroxylation is 1. The number of thioether (sulfide) groups is 1. The Bertz CT molecular complexity index is 968. The summed E-state index contributed by atoms with van der Waals surface area (Å²) in [6.45, 7) is 5.96. The van der Waals surface area contributed by atoms with Gasteiger partial charge in [-0.05, 0) is 45.0 Å². The van der Waals surface area contributed by atoms with E-state index < -0.39 is 0 Å². The molecule has 0 saturated heterocycles. The molecule has 2 aromatic heterocycles. The molecule has 3 aromatic rings. The van der Waals surface area contributed by atoms with E-state index in [-0.39, 0.29) is 17.7 Å². The molecule has 1 amide bonds. The molecule has 9 heteroatoms. The van der Waals surface area contributed by atoms with Gasteiger partial charge in [-0.3, -0.25) is 9.36 Å². The smallest absolute Gasteiger partial charge is 0.234 e. The first-order valence-electron chi connectivity index (χ1n) is 8.24. The first-order chi connectivity index (χ1) is 12.9. The van der Waals surface area contributed by atoms with Gasteiger partial charge in [0.05, 0.1) is 28.3 Å². The number of nitrogens with one attached hydrogen (secondary N) is 1. The van der Waals surface area contributed by atoms with Crippen molar-refractivity contribution < 1.29 is 9.21 Å². The molecule has 1 aromatic carbocycles. The van der Waals surface area contributed by atoms with Crippen molar-refractivity contribution in [2.24, 2.45) is 0 Å². The topological polar surface area (TPSA) is 72.9 Å². The second-order valence-corrected chi connectivity index (χ2v) is 7.91. The van der Waals surface area contributed by atoms with Gasteiger partial charge < -0.3 is 9.73 Å². The Morgan fingerprint density at radius 1 is 1.30 bits per heavy atom. The number of carbonyl (C=O) groups excluding carboxylic acids is 1. The summed E-state index contributed by atoms with van der Waals surface area (Å²) in [6, 6.07) is 6.90. The normalized spacial score (nSPS) is 11.2. The van der Waals surface area contributed by atoms with Crippen LogP contribution in [0.4, 0.5) is 5.69 Å². The molecule has 142 valence electrons. The zero-order valence-electron chi connectivity index (χ0n) is 15.0. The molecular formula is C18H18Cl2N4O2S. The number of benzene rings is 1. The summed E-state index contributed by atoms with van der Waals surface area (Å²) in [5.41, 5.74) is 1.37. The Hall–Kier alpha value is -1.96. The summed E-state index contributed by atoms with van der Waals surface area (Å²) >= 11 is 13.3. The molecule has 0 aliphatic heterocycles. The number of nitrogens with zero attached hydrogens (tertiary/aromatic N) is 3. The lowest BCUT2D eigenvalue weighted by Crippen LogP contribution is -2.15. The lowest BCUT2D eigenvalue weighted by Gasteiger charge is -2.13. The van der Waals surface area contributed by atoms with E-state index in [2.05, 4.69) is 15.5 Å². The van der Waals surface area contributed by atoms with Gasteiger partial charge >= 0.3 is 0 Å². The molecule has 2 heterocycles. The van der Waals surface area contributed by atoms with Crippen LogP contribution in [0.3, 0.4) is 0 Å². The lowest BCUT2D eigenvalue weighted by atomic mass is 10.2. The maximum atomic E-state index is 12.3. The van der Waals surface area contributed by atoms with Crippen LogP contribution in [-0.4, -0.2) is 26.4 Å². The Morgan fingerprint density at radius 2 is 2.07 bits per heavy atom. The fourth-order valence-corrected chi connectivity index (χ4v) is 3.76. The van der Waals surface area contributed by atoms with E-state index >= 15 is 0 Å². The summed E-state index contributed by atoms with van der Waals surface area (Å²) < 4.78 is 7.36. The van der Waals surface area contributed by atoms with Crippen molar-refractivity contribution in [3.05, 3.63) is 46.3 Å². The number of halogens is 2. The molecule has 0 fully saturated rings. The summed E-state index contributed by atoms with van der Waals surface area (Å²) in [5, 5.41) is 12.9. The summed E-state index contributed by atoms with van der Waals surface area (Å²) in [7, 11) is 0. The maximum absolute atomic E-state index is 12.3.